The van der Waals surface area contributed by atoms with E-state index in [1.807, 2.05) is 0 Å². The van der Waals surface area contributed by atoms with Crippen molar-refractivity contribution >= 4 is 28.7 Å². The second-order valence-corrected chi connectivity index (χ2v) is 7.56. The van der Waals surface area contributed by atoms with Crippen molar-refractivity contribution in [3.05, 3.63) is 64.6 Å². The third kappa shape index (κ3) is 7.07. The summed E-state index contributed by atoms with van der Waals surface area (Å²) in [7, 11) is 0. The number of hydrogen-bond acceptors (Lipinski definition) is 7. The molecule has 2 aromatic carbocycles. The lowest BCUT2D eigenvalue weighted by Crippen LogP contribution is -2.17. The number of alkyl halides is 4. The van der Waals surface area contributed by atoms with Crippen LogP contribution in [-0.4, -0.2) is 30.8 Å². The summed E-state index contributed by atoms with van der Waals surface area (Å²) in [6.45, 7) is -4.16. The van der Waals surface area contributed by atoms with Gasteiger partial charge >= 0.3 is 19.2 Å². The Morgan fingerprint density at radius 3 is 2.42 bits per heavy atom. The number of esters is 1. The predicted molar refractivity (Wildman–Crippen MR) is 114 cm³/mol. The van der Waals surface area contributed by atoms with Gasteiger partial charge in [0.2, 0.25) is 0 Å². The highest BCUT2D eigenvalue weighted by Crippen LogP contribution is 2.37. The SMILES string of the molecule is CCOC(=O)Cc1cccc(N(Cc2cncs2)c2ccc(OC(F)F)c(OC(F)F)c2)c1. The van der Waals surface area contributed by atoms with E-state index in [0.717, 1.165) is 10.9 Å². The number of thiazole rings is 1. The molecule has 0 atom stereocenters. The first-order chi connectivity index (χ1) is 15.9. The molecule has 0 spiro atoms. The van der Waals surface area contributed by atoms with Crippen molar-refractivity contribution in [1.29, 1.82) is 0 Å². The molecule has 0 bridgehead atoms. The Morgan fingerprint density at radius 2 is 1.76 bits per heavy atom. The maximum absolute atomic E-state index is 12.9. The van der Waals surface area contributed by atoms with Gasteiger partial charge in [-0.05, 0) is 36.8 Å². The molecule has 3 aromatic rings. The number of ether oxygens (including phenoxy) is 3. The smallest absolute Gasteiger partial charge is 0.387 e. The number of nitrogens with zero attached hydrogens (tertiary/aromatic N) is 2. The van der Waals surface area contributed by atoms with Gasteiger partial charge in [-0.2, -0.15) is 17.6 Å². The summed E-state index contributed by atoms with van der Waals surface area (Å²) >= 11 is 1.39. The first kappa shape index (κ1) is 24.3. The molecule has 176 valence electrons. The Bertz CT molecular complexity index is 1050. The third-order valence-corrected chi connectivity index (χ3v) is 5.11. The van der Waals surface area contributed by atoms with E-state index >= 15 is 0 Å². The topological polar surface area (TPSA) is 60.9 Å². The van der Waals surface area contributed by atoms with Gasteiger partial charge in [-0.1, -0.05) is 12.1 Å². The number of aromatic nitrogens is 1. The number of halogens is 4. The molecule has 1 heterocycles. The van der Waals surface area contributed by atoms with Crippen molar-refractivity contribution in [2.24, 2.45) is 0 Å². The van der Waals surface area contributed by atoms with Gasteiger partial charge in [-0.3, -0.25) is 9.78 Å². The Labute approximate surface area is 191 Å². The van der Waals surface area contributed by atoms with Gasteiger partial charge in [0, 0.05) is 28.5 Å². The molecule has 3 rings (SSSR count). The van der Waals surface area contributed by atoms with E-state index < -0.39 is 24.7 Å². The van der Waals surface area contributed by atoms with E-state index in [4.69, 9.17) is 4.74 Å². The van der Waals surface area contributed by atoms with Gasteiger partial charge in [0.15, 0.2) is 11.5 Å². The van der Waals surface area contributed by atoms with Crippen LogP contribution in [0, 0.1) is 0 Å². The molecule has 11 heteroatoms. The molecule has 0 aliphatic rings. The molecule has 0 saturated carbocycles. The number of anilines is 2. The highest BCUT2D eigenvalue weighted by atomic mass is 32.1. The molecule has 0 amide bonds. The lowest BCUT2D eigenvalue weighted by Gasteiger charge is -2.26. The van der Waals surface area contributed by atoms with Gasteiger partial charge < -0.3 is 19.1 Å². The molecule has 0 N–H and O–H groups in total. The number of carbonyl (C=O) groups excluding carboxylic acids is 1. The minimum Gasteiger partial charge on any atom is -0.466 e. The molecule has 0 saturated heterocycles. The molecule has 6 nitrogen and oxygen atoms in total. The second kappa shape index (κ2) is 11.5. The van der Waals surface area contributed by atoms with Crippen molar-refractivity contribution < 1.29 is 36.6 Å². The molecule has 0 radical (unpaired) electrons. The van der Waals surface area contributed by atoms with E-state index in [0.29, 0.717) is 23.5 Å². The average molecular weight is 484 g/mol. The predicted octanol–water partition coefficient (Wildman–Crippen LogP) is 5.79. The van der Waals surface area contributed by atoms with Crippen molar-refractivity contribution in [3.8, 4) is 11.5 Å². The maximum atomic E-state index is 12.9. The second-order valence-electron chi connectivity index (χ2n) is 6.59. The first-order valence-corrected chi connectivity index (χ1v) is 10.7. The first-order valence-electron chi connectivity index (χ1n) is 9.78. The highest BCUT2D eigenvalue weighted by molar-refractivity contribution is 7.09. The van der Waals surface area contributed by atoms with Crippen LogP contribution in [0.4, 0.5) is 28.9 Å². The zero-order valence-corrected chi connectivity index (χ0v) is 18.2. The van der Waals surface area contributed by atoms with E-state index in [-0.39, 0.29) is 19.0 Å². The van der Waals surface area contributed by atoms with E-state index in [9.17, 15) is 22.4 Å². The van der Waals surface area contributed by atoms with Crippen LogP contribution in [0.5, 0.6) is 11.5 Å². The van der Waals surface area contributed by atoms with E-state index in [2.05, 4.69) is 14.5 Å². The molecule has 0 aliphatic heterocycles. The van der Waals surface area contributed by atoms with Crippen LogP contribution in [0.15, 0.2) is 54.2 Å². The number of carbonyl (C=O) groups is 1. The Balaban J connectivity index is 2.00. The summed E-state index contributed by atoms with van der Waals surface area (Å²) in [5.41, 5.74) is 3.35. The van der Waals surface area contributed by atoms with Crippen molar-refractivity contribution in [2.75, 3.05) is 11.5 Å². The summed E-state index contributed by atoms with van der Waals surface area (Å²) in [5, 5.41) is 0. The van der Waals surface area contributed by atoms with Crippen molar-refractivity contribution in [1.82, 2.24) is 4.98 Å². The van der Waals surface area contributed by atoms with Gasteiger partial charge in [0.25, 0.3) is 0 Å². The van der Waals surface area contributed by atoms with Crippen LogP contribution in [-0.2, 0) is 22.5 Å². The normalized spacial score (nSPS) is 11.0. The fraction of sp³-hybridized carbons (Fsp3) is 0.273. The van der Waals surface area contributed by atoms with Gasteiger partial charge in [-0.25, -0.2) is 0 Å². The highest BCUT2D eigenvalue weighted by Gasteiger charge is 2.19. The van der Waals surface area contributed by atoms with Crippen LogP contribution >= 0.6 is 11.3 Å². The van der Waals surface area contributed by atoms with E-state index in [1.165, 1.54) is 23.5 Å². The largest absolute Gasteiger partial charge is 0.466 e. The van der Waals surface area contributed by atoms with Crippen LogP contribution < -0.4 is 14.4 Å². The summed E-state index contributed by atoms with van der Waals surface area (Å²) in [6, 6.07) is 10.8. The quantitative estimate of drug-likeness (QED) is 0.254. The van der Waals surface area contributed by atoms with Crippen molar-refractivity contribution in [2.45, 2.75) is 33.1 Å². The standard InChI is InChI=1S/C22H20F4N2O4S/c1-2-30-20(29)9-14-4-3-5-15(8-14)28(12-17-11-27-13-33-17)16-6-7-18(31-21(23)24)19(10-16)32-22(25)26/h3-8,10-11,13,21-22H,2,9,12H2,1H3. The number of benzene rings is 2. The molecule has 0 unspecified atom stereocenters. The molecule has 1 aromatic heterocycles. The van der Waals surface area contributed by atoms with Gasteiger partial charge in [-0.15, -0.1) is 11.3 Å². The molecule has 33 heavy (non-hydrogen) atoms. The molecule has 0 fully saturated rings. The lowest BCUT2D eigenvalue weighted by molar-refractivity contribution is -0.142. The monoisotopic (exact) mass is 484 g/mol. The van der Waals surface area contributed by atoms with Crippen LogP contribution in [0.2, 0.25) is 0 Å². The van der Waals surface area contributed by atoms with Gasteiger partial charge in [0.05, 0.1) is 25.1 Å². The van der Waals surface area contributed by atoms with E-state index in [1.54, 1.807) is 47.8 Å². The zero-order chi connectivity index (χ0) is 23.8. The number of hydrogen-bond donors (Lipinski definition) is 0. The number of rotatable bonds is 11. The Kier molecular flexibility index (Phi) is 8.47. The molecular formula is C22H20F4N2O4S. The average Bonchev–Trinajstić information content (AvgIpc) is 3.26. The Morgan fingerprint density at radius 1 is 1.03 bits per heavy atom. The summed E-state index contributed by atoms with van der Waals surface area (Å²) in [4.78, 5) is 18.5. The van der Waals surface area contributed by atoms with Crippen LogP contribution in [0.1, 0.15) is 17.4 Å². The van der Waals surface area contributed by atoms with Crippen molar-refractivity contribution in [3.63, 3.8) is 0 Å². The third-order valence-electron chi connectivity index (χ3n) is 4.34. The van der Waals surface area contributed by atoms with Crippen LogP contribution in [0.3, 0.4) is 0 Å². The lowest BCUT2D eigenvalue weighted by atomic mass is 10.1. The minimum atomic E-state index is -3.23. The maximum Gasteiger partial charge on any atom is 0.387 e. The Hall–Kier alpha value is -3.34. The zero-order valence-electron chi connectivity index (χ0n) is 17.4. The molecule has 0 aliphatic carbocycles. The fourth-order valence-electron chi connectivity index (χ4n) is 3.07. The fourth-order valence-corrected chi connectivity index (χ4v) is 3.65. The molecular weight excluding hydrogens is 464 g/mol. The minimum absolute atomic E-state index is 0.0526. The summed E-state index contributed by atoms with van der Waals surface area (Å²) in [6.07, 6.45) is 1.71. The van der Waals surface area contributed by atoms with Crippen LogP contribution in [0.25, 0.3) is 0 Å². The summed E-state index contributed by atoms with van der Waals surface area (Å²) in [5.74, 6) is -1.42. The van der Waals surface area contributed by atoms with Gasteiger partial charge in [0.1, 0.15) is 0 Å². The summed E-state index contributed by atoms with van der Waals surface area (Å²) < 4.78 is 64.9.